The number of hydrogen-bond donors (Lipinski definition) is 2. The molecule has 3 aromatic carbocycles. The summed E-state index contributed by atoms with van der Waals surface area (Å²) in [5.74, 6) is 2.62. The normalized spacial score (nSPS) is 27.8. The number of hydrogen-bond acceptors (Lipinski definition) is 2. The summed E-state index contributed by atoms with van der Waals surface area (Å²) in [4.78, 5) is 13.0. The summed E-state index contributed by atoms with van der Waals surface area (Å²) in [6.07, 6.45) is 3.99. The molecule has 0 radical (unpaired) electrons. The third-order valence-electron chi connectivity index (χ3n) is 7.59. The second kappa shape index (κ2) is 7.52. The van der Waals surface area contributed by atoms with Crippen molar-refractivity contribution in [3.8, 4) is 0 Å². The van der Waals surface area contributed by atoms with E-state index in [4.69, 9.17) is 0 Å². The van der Waals surface area contributed by atoms with Crippen LogP contribution in [0.3, 0.4) is 0 Å². The summed E-state index contributed by atoms with van der Waals surface area (Å²) in [5.41, 5.74) is 5.46. The van der Waals surface area contributed by atoms with Gasteiger partial charge in [0, 0.05) is 21.4 Å². The molecule has 0 saturated heterocycles. The Morgan fingerprint density at radius 3 is 2.61 bits per heavy atom. The predicted molar refractivity (Wildman–Crippen MR) is 128 cm³/mol. The first-order chi connectivity index (χ1) is 15.2. The van der Waals surface area contributed by atoms with Gasteiger partial charge in [0.05, 0.1) is 6.04 Å². The Morgan fingerprint density at radius 1 is 0.935 bits per heavy atom. The van der Waals surface area contributed by atoms with Crippen molar-refractivity contribution in [3.05, 3.63) is 94.0 Å². The molecular weight excluding hydrogens is 448 g/mol. The molecule has 2 bridgehead atoms. The molecule has 2 aliphatic carbocycles. The second-order valence-electron chi connectivity index (χ2n) is 9.24. The van der Waals surface area contributed by atoms with Crippen molar-refractivity contribution in [2.75, 3.05) is 10.6 Å². The summed E-state index contributed by atoms with van der Waals surface area (Å²) in [5, 5.41) is 6.90. The van der Waals surface area contributed by atoms with Gasteiger partial charge in [-0.1, -0.05) is 52.3 Å². The Balaban J connectivity index is 1.35. The van der Waals surface area contributed by atoms with Crippen molar-refractivity contribution < 1.29 is 4.79 Å². The Bertz CT molecular complexity index is 1140. The summed E-state index contributed by atoms with van der Waals surface area (Å²) in [6, 6.07) is 25.2. The Morgan fingerprint density at radius 2 is 1.77 bits per heavy atom. The van der Waals surface area contributed by atoms with Gasteiger partial charge >= 0.3 is 0 Å². The lowest BCUT2D eigenvalue weighted by Crippen LogP contribution is -2.35. The lowest BCUT2D eigenvalue weighted by molar-refractivity contribution is 0.102. The van der Waals surface area contributed by atoms with E-state index in [0.717, 1.165) is 27.6 Å². The fourth-order valence-corrected chi connectivity index (χ4v) is 6.79. The minimum atomic E-state index is -0.0502. The van der Waals surface area contributed by atoms with Crippen molar-refractivity contribution >= 4 is 33.2 Å². The molecule has 0 unspecified atom stereocenters. The fourth-order valence-electron chi connectivity index (χ4n) is 6.39. The molecule has 4 heteroatoms. The quantitative estimate of drug-likeness (QED) is 0.430. The van der Waals surface area contributed by atoms with Crippen LogP contribution in [0.1, 0.15) is 52.7 Å². The molecule has 2 saturated carbocycles. The molecule has 2 N–H and O–H groups in total. The van der Waals surface area contributed by atoms with Gasteiger partial charge in [0.1, 0.15) is 0 Å². The van der Waals surface area contributed by atoms with Gasteiger partial charge in [-0.2, -0.15) is 0 Å². The number of fused-ring (bicyclic) bond motifs is 7. The minimum absolute atomic E-state index is 0.0502. The maximum atomic E-state index is 13.0. The van der Waals surface area contributed by atoms with Crippen LogP contribution in [0.5, 0.6) is 0 Å². The van der Waals surface area contributed by atoms with Gasteiger partial charge < -0.3 is 10.6 Å². The van der Waals surface area contributed by atoms with E-state index in [2.05, 4.69) is 69.0 Å². The van der Waals surface area contributed by atoms with Crippen molar-refractivity contribution in [1.82, 2.24) is 0 Å². The van der Waals surface area contributed by atoms with E-state index in [-0.39, 0.29) is 5.91 Å². The number of benzene rings is 3. The molecule has 0 aromatic heterocycles. The maximum absolute atomic E-state index is 13.0. The summed E-state index contributed by atoms with van der Waals surface area (Å²) in [7, 11) is 0. The monoisotopic (exact) mass is 472 g/mol. The molecule has 1 heterocycles. The Kier molecular flexibility index (Phi) is 4.64. The largest absolute Gasteiger partial charge is 0.378 e. The molecule has 3 aliphatic rings. The first-order valence-electron chi connectivity index (χ1n) is 11.2. The van der Waals surface area contributed by atoms with Crippen LogP contribution in [-0.4, -0.2) is 5.91 Å². The van der Waals surface area contributed by atoms with Gasteiger partial charge in [0.15, 0.2) is 0 Å². The molecular formula is C27H25BrN2O. The molecule has 156 valence electrons. The van der Waals surface area contributed by atoms with Crippen LogP contribution in [0, 0.1) is 17.8 Å². The number of nitrogens with one attached hydrogen (secondary N) is 2. The van der Waals surface area contributed by atoms with Gasteiger partial charge in [-0.15, -0.1) is 0 Å². The van der Waals surface area contributed by atoms with Gasteiger partial charge in [0.2, 0.25) is 0 Å². The van der Waals surface area contributed by atoms with Gasteiger partial charge in [0.25, 0.3) is 5.91 Å². The SMILES string of the molecule is O=C(Nc1cccc(Br)c1)c1ccc2c(c1)[C@@H]1[C@H]3CC[C@@H](C3)[C@H]1[C@@H](c1ccccc1)N2. The van der Waals surface area contributed by atoms with Crippen molar-refractivity contribution in [1.29, 1.82) is 0 Å². The number of carbonyl (C=O) groups is 1. The number of rotatable bonds is 3. The van der Waals surface area contributed by atoms with Crippen molar-refractivity contribution in [2.45, 2.75) is 31.2 Å². The molecule has 1 amide bonds. The second-order valence-corrected chi connectivity index (χ2v) is 10.2. The average molecular weight is 473 g/mol. The highest BCUT2D eigenvalue weighted by molar-refractivity contribution is 9.10. The number of halogens is 1. The summed E-state index contributed by atoms with van der Waals surface area (Å²) >= 11 is 3.47. The van der Waals surface area contributed by atoms with Crippen LogP contribution in [0.2, 0.25) is 0 Å². The zero-order valence-electron chi connectivity index (χ0n) is 17.2. The van der Waals surface area contributed by atoms with E-state index < -0.39 is 0 Å². The molecule has 5 atom stereocenters. The Labute approximate surface area is 191 Å². The molecule has 0 spiro atoms. The predicted octanol–water partition coefficient (Wildman–Crippen LogP) is 7.00. The molecule has 3 nitrogen and oxygen atoms in total. The van der Waals surface area contributed by atoms with Crippen LogP contribution in [0.25, 0.3) is 0 Å². The van der Waals surface area contributed by atoms with Crippen LogP contribution in [0.4, 0.5) is 11.4 Å². The fraction of sp³-hybridized carbons (Fsp3) is 0.296. The van der Waals surface area contributed by atoms with Crippen LogP contribution < -0.4 is 10.6 Å². The van der Waals surface area contributed by atoms with Crippen molar-refractivity contribution in [2.24, 2.45) is 17.8 Å². The molecule has 31 heavy (non-hydrogen) atoms. The van der Waals surface area contributed by atoms with E-state index in [1.54, 1.807) is 0 Å². The topological polar surface area (TPSA) is 41.1 Å². The highest BCUT2D eigenvalue weighted by atomic mass is 79.9. The number of amides is 1. The third kappa shape index (κ3) is 3.28. The lowest BCUT2D eigenvalue weighted by atomic mass is 9.68. The number of carbonyl (C=O) groups excluding carboxylic acids is 1. The minimum Gasteiger partial charge on any atom is -0.378 e. The molecule has 6 rings (SSSR count). The number of anilines is 2. The first-order valence-corrected chi connectivity index (χ1v) is 12.0. The zero-order chi connectivity index (χ0) is 20.9. The molecule has 1 aliphatic heterocycles. The summed E-state index contributed by atoms with van der Waals surface area (Å²) in [6.45, 7) is 0. The smallest absolute Gasteiger partial charge is 0.255 e. The van der Waals surface area contributed by atoms with Crippen LogP contribution >= 0.6 is 15.9 Å². The van der Waals surface area contributed by atoms with Gasteiger partial charge in [-0.25, -0.2) is 0 Å². The van der Waals surface area contributed by atoms with Gasteiger partial charge in [-0.05, 0) is 90.5 Å². The lowest BCUT2D eigenvalue weighted by Gasteiger charge is -2.43. The summed E-state index contributed by atoms with van der Waals surface area (Å²) < 4.78 is 0.955. The van der Waals surface area contributed by atoms with Crippen molar-refractivity contribution in [3.63, 3.8) is 0 Å². The Hall–Kier alpha value is -2.59. The standard InChI is InChI=1S/C27H25BrN2O/c28-20-7-4-8-21(15-20)29-27(31)19-11-12-23-22(14-19)24-17-9-10-18(13-17)25(24)26(30-23)16-5-2-1-3-6-16/h1-8,11-12,14-15,17-18,24-26,30H,9-10,13H2,(H,29,31)/t17-,18-,24-,25+,26+/m0/s1. The third-order valence-corrected chi connectivity index (χ3v) is 8.08. The van der Waals surface area contributed by atoms with E-state index in [0.29, 0.717) is 17.9 Å². The van der Waals surface area contributed by atoms with E-state index in [1.807, 2.05) is 30.3 Å². The molecule has 2 fully saturated rings. The highest BCUT2D eigenvalue weighted by Gasteiger charge is 2.53. The first kappa shape index (κ1) is 19.1. The van der Waals surface area contributed by atoms with Crippen LogP contribution in [-0.2, 0) is 0 Å². The highest BCUT2D eigenvalue weighted by Crippen LogP contribution is 2.63. The van der Waals surface area contributed by atoms with Gasteiger partial charge in [-0.3, -0.25) is 4.79 Å². The molecule has 3 aromatic rings. The zero-order valence-corrected chi connectivity index (χ0v) is 18.8. The van der Waals surface area contributed by atoms with E-state index in [1.165, 1.54) is 36.1 Å². The van der Waals surface area contributed by atoms with E-state index in [9.17, 15) is 4.79 Å². The van der Waals surface area contributed by atoms with E-state index >= 15 is 0 Å². The van der Waals surface area contributed by atoms with Crippen LogP contribution in [0.15, 0.2) is 77.3 Å². The maximum Gasteiger partial charge on any atom is 0.255 e. The average Bonchev–Trinajstić information content (AvgIpc) is 3.42.